The van der Waals surface area contributed by atoms with E-state index in [1.165, 1.54) is 5.56 Å². The highest BCUT2D eigenvalue weighted by Crippen LogP contribution is 2.42. The first-order valence-corrected chi connectivity index (χ1v) is 5.48. The van der Waals surface area contributed by atoms with Gasteiger partial charge in [0.2, 0.25) is 0 Å². The third-order valence-corrected chi connectivity index (χ3v) is 3.42. The second-order valence-electron chi connectivity index (χ2n) is 4.30. The first-order chi connectivity index (χ1) is 7.72. The van der Waals surface area contributed by atoms with E-state index in [0.717, 1.165) is 6.42 Å². The molecule has 2 amide bonds. The highest BCUT2D eigenvalue weighted by Gasteiger charge is 2.39. The number of hydrogen-bond donors (Lipinski definition) is 3. The van der Waals surface area contributed by atoms with Gasteiger partial charge in [0, 0.05) is 6.04 Å². The van der Waals surface area contributed by atoms with Crippen LogP contribution in [0.3, 0.4) is 0 Å². The van der Waals surface area contributed by atoms with Crippen molar-refractivity contribution in [1.29, 1.82) is 0 Å². The average Bonchev–Trinajstić information content (AvgIpc) is 2.34. The molecule has 0 aliphatic heterocycles. The number of benzene rings is 1. The van der Waals surface area contributed by atoms with E-state index < -0.39 is 6.03 Å². The van der Waals surface area contributed by atoms with Crippen molar-refractivity contribution in [3.05, 3.63) is 35.9 Å². The van der Waals surface area contributed by atoms with Crippen molar-refractivity contribution in [2.24, 2.45) is 5.92 Å². The van der Waals surface area contributed by atoms with E-state index in [1.54, 1.807) is 5.48 Å². The molecule has 0 radical (unpaired) electrons. The van der Waals surface area contributed by atoms with Gasteiger partial charge in [0.25, 0.3) is 0 Å². The molecule has 1 aliphatic rings. The summed E-state index contributed by atoms with van der Waals surface area (Å²) in [5, 5.41) is 11.1. The smallest absolute Gasteiger partial charge is 0.333 e. The SMILES string of the molecule is C[C@@H]1[C@@H](NC(=O)NO)C[C@@H]1c1ccccc1. The minimum Gasteiger partial charge on any atom is -0.333 e. The summed E-state index contributed by atoms with van der Waals surface area (Å²) in [6, 6.07) is 9.92. The Kier molecular flexibility index (Phi) is 3.10. The number of nitrogens with one attached hydrogen (secondary N) is 2. The molecule has 0 aromatic heterocycles. The van der Waals surface area contributed by atoms with Crippen LogP contribution in [0.15, 0.2) is 30.3 Å². The van der Waals surface area contributed by atoms with Gasteiger partial charge < -0.3 is 5.32 Å². The number of urea groups is 1. The van der Waals surface area contributed by atoms with Crippen LogP contribution in [0.1, 0.15) is 24.8 Å². The molecule has 1 aromatic carbocycles. The molecule has 3 N–H and O–H groups in total. The summed E-state index contributed by atoms with van der Waals surface area (Å²) in [5.41, 5.74) is 2.91. The summed E-state index contributed by atoms with van der Waals surface area (Å²) < 4.78 is 0. The van der Waals surface area contributed by atoms with Crippen molar-refractivity contribution >= 4 is 6.03 Å². The zero-order chi connectivity index (χ0) is 11.5. The Morgan fingerprint density at radius 2 is 2.06 bits per heavy atom. The fraction of sp³-hybridized carbons (Fsp3) is 0.417. The predicted octanol–water partition coefficient (Wildman–Crippen LogP) is 1.87. The van der Waals surface area contributed by atoms with Gasteiger partial charge in [0.05, 0.1) is 0 Å². The Hall–Kier alpha value is -1.55. The molecule has 4 nitrogen and oxygen atoms in total. The maximum Gasteiger partial charge on any atom is 0.338 e. The molecular formula is C12H16N2O2. The van der Waals surface area contributed by atoms with E-state index >= 15 is 0 Å². The summed E-state index contributed by atoms with van der Waals surface area (Å²) in [5.74, 6) is 0.907. The van der Waals surface area contributed by atoms with Gasteiger partial charge in [-0.05, 0) is 23.8 Å². The fourth-order valence-electron chi connectivity index (χ4n) is 2.32. The molecule has 2 rings (SSSR count). The van der Waals surface area contributed by atoms with Crippen LogP contribution in [0.5, 0.6) is 0 Å². The van der Waals surface area contributed by atoms with Crippen molar-refractivity contribution in [2.75, 3.05) is 0 Å². The molecule has 0 saturated heterocycles. The summed E-state index contributed by atoms with van der Waals surface area (Å²) in [6.07, 6.45) is 0.929. The second kappa shape index (κ2) is 4.53. The largest absolute Gasteiger partial charge is 0.338 e. The van der Waals surface area contributed by atoms with Crippen LogP contribution in [0.2, 0.25) is 0 Å². The first-order valence-electron chi connectivity index (χ1n) is 5.48. The maximum atomic E-state index is 10.9. The normalized spacial score (nSPS) is 28.0. The van der Waals surface area contributed by atoms with Crippen LogP contribution in [-0.4, -0.2) is 17.3 Å². The van der Waals surface area contributed by atoms with Crippen LogP contribution in [0.25, 0.3) is 0 Å². The van der Waals surface area contributed by atoms with Crippen molar-refractivity contribution in [3.8, 4) is 0 Å². The molecule has 86 valence electrons. The van der Waals surface area contributed by atoms with Crippen LogP contribution in [0.4, 0.5) is 4.79 Å². The molecule has 0 unspecified atom stereocenters. The van der Waals surface area contributed by atoms with E-state index in [0.29, 0.717) is 11.8 Å². The van der Waals surface area contributed by atoms with Crippen molar-refractivity contribution in [1.82, 2.24) is 10.8 Å². The Labute approximate surface area is 94.6 Å². The Balaban J connectivity index is 1.93. The van der Waals surface area contributed by atoms with Gasteiger partial charge in [-0.25, -0.2) is 10.3 Å². The van der Waals surface area contributed by atoms with E-state index in [4.69, 9.17) is 5.21 Å². The molecule has 0 bridgehead atoms. The number of rotatable bonds is 2. The predicted molar refractivity (Wildman–Crippen MR) is 60.2 cm³/mol. The third kappa shape index (κ3) is 2.02. The summed E-state index contributed by atoms with van der Waals surface area (Å²) in [6.45, 7) is 2.11. The summed E-state index contributed by atoms with van der Waals surface area (Å²) in [7, 11) is 0. The zero-order valence-electron chi connectivity index (χ0n) is 9.18. The maximum absolute atomic E-state index is 10.9. The minimum atomic E-state index is -0.525. The summed E-state index contributed by atoms with van der Waals surface area (Å²) >= 11 is 0. The lowest BCUT2D eigenvalue weighted by Crippen LogP contribution is -2.52. The number of hydroxylamine groups is 1. The van der Waals surface area contributed by atoms with Crippen molar-refractivity contribution in [3.63, 3.8) is 0 Å². The Morgan fingerprint density at radius 1 is 1.38 bits per heavy atom. The molecule has 1 saturated carbocycles. The minimum absolute atomic E-state index is 0.150. The summed E-state index contributed by atoms with van der Waals surface area (Å²) in [4.78, 5) is 10.9. The highest BCUT2D eigenvalue weighted by atomic mass is 16.5. The van der Waals surface area contributed by atoms with Gasteiger partial charge >= 0.3 is 6.03 Å². The lowest BCUT2D eigenvalue weighted by Gasteiger charge is -2.43. The number of amides is 2. The quantitative estimate of drug-likeness (QED) is 0.526. The highest BCUT2D eigenvalue weighted by molar-refractivity contribution is 5.73. The number of carbonyl (C=O) groups excluding carboxylic acids is 1. The van der Waals surface area contributed by atoms with Gasteiger partial charge in [-0.1, -0.05) is 37.3 Å². The van der Waals surface area contributed by atoms with Gasteiger partial charge in [-0.15, -0.1) is 0 Å². The fourth-order valence-corrected chi connectivity index (χ4v) is 2.32. The molecular weight excluding hydrogens is 204 g/mol. The first kappa shape index (κ1) is 11.0. The van der Waals surface area contributed by atoms with Crippen LogP contribution < -0.4 is 10.8 Å². The molecule has 16 heavy (non-hydrogen) atoms. The molecule has 1 aromatic rings. The molecule has 0 heterocycles. The standard InChI is InChI=1S/C12H16N2O2/c1-8-10(9-5-3-2-4-6-9)7-11(8)13-12(15)14-16/h2-6,8,10-11,16H,7H2,1H3,(H2,13,14,15)/t8-,10-,11-/m0/s1. The lowest BCUT2D eigenvalue weighted by atomic mass is 9.67. The molecule has 3 atom stereocenters. The van der Waals surface area contributed by atoms with Crippen molar-refractivity contribution in [2.45, 2.75) is 25.3 Å². The Bertz CT molecular complexity index is 367. The van der Waals surface area contributed by atoms with E-state index in [9.17, 15) is 4.79 Å². The van der Waals surface area contributed by atoms with Gasteiger partial charge in [-0.2, -0.15) is 0 Å². The Morgan fingerprint density at radius 3 is 2.62 bits per heavy atom. The topological polar surface area (TPSA) is 61.4 Å². The molecule has 1 fully saturated rings. The zero-order valence-corrected chi connectivity index (χ0v) is 9.18. The van der Waals surface area contributed by atoms with Gasteiger partial charge in [0.15, 0.2) is 0 Å². The van der Waals surface area contributed by atoms with Gasteiger partial charge in [0.1, 0.15) is 0 Å². The molecule has 1 aliphatic carbocycles. The van der Waals surface area contributed by atoms with E-state index in [1.807, 2.05) is 18.2 Å². The van der Waals surface area contributed by atoms with Crippen LogP contribution in [0, 0.1) is 5.92 Å². The molecule has 0 spiro atoms. The van der Waals surface area contributed by atoms with E-state index in [-0.39, 0.29) is 6.04 Å². The number of hydrogen-bond acceptors (Lipinski definition) is 2. The lowest BCUT2D eigenvalue weighted by molar-refractivity contribution is 0.137. The van der Waals surface area contributed by atoms with Crippen LogP contribution in [-0.2, 0) is 0 Å². The monoisotopic (exact) mass is 220 g/mol. The van der Waals surface area contributed by atoms with E-state index in [2.05, 4.69) is 24.4 Å². The number of carbonyl (C=O) groups is 1. The molecule has 4 heteroatoms. The van der Waals surface area contributed by atoms with Crippen molar-refractivity contribution < 1.29 is 10.0 Å². The third-order valence-electron chi connectivity index (χ3n) is 3.42. The second-order valence-corrected chi connectivity index (χ2v) is 4.30. The average molecular weight is 220 g/mol. The van der Waals surface area contributed by atoms with Crippen LogP contribution >= 0.6 is 0 Å². The van der Waals surface area contributed by atoms with Gasteiger partial charge in [-0.3, -0.25) is 5.21 Å².